The molecule has 0 aliphatic rings. The fraction of sp³-hybridized carbons (Fsp3) is 0.583. The van der Waals surface area contributed by atoms with E-state index in [2.05, 4.69) is 12.3 Å². The Kier molecular flexibility index (Phi) is 5.03. The van der Waals surface area contributed by atoms with Crippen molar-refractivity contribution in [2.45, 2.75) is 39.7 Å². The Labute approximate surface area is 90.8 Å². The summed E-state index contributed by atoms with van der Waals surface area (Å²) < 4.78 is 5.13. The van der Waals surface area contributed by atoms with Gasteiger partial charge in [0.2, 0.25) is 0 Å². The van der Waals surface area contributed by atoms with Crippen molar-refractivity contribution in [1.82, 2.24) is 0 Å². The van der Waals surface area contributed by atoms with Crippen molar-refractivity contribution < 1.29 is 14.3 Å². The van der Waals surface area contributed by atoms with E-state index in [1.807, 2.05) is 0 Å². The van der Waals surface area contributed by atoms with E-state index in [1.165, 1.54) is 6.92 Å². The van der Waals surface area contributed by atoms with Gasteiger partial charge in [0.15, 0.2) is 0 Å². The molecule has 0 fully saturated rings. The molecule has 1 unspecified atom stereocenters. The number of hydrogen-bond acceptors (Lipinski definition) is 3. The van der Waals surface area contributed by atoms with Crippen LogP contribution >= 0.6 is 0 Å². The van der Waals surface area contributed by atoms with Crippen LogP contribution in [0.3, 0.4) is 0 Å². The van der Waals surface area contributed by atoms with E-state index in [4.69, 9.17) is 4.74 Å². The number of Topliss-reactive ketones (excluding diaryl/α,β-unsaturated/α-hetero) is 1. The number of carbonyl (C=O) groups is 2. The molecule has 84 valence electrons. The van der Waals surface area contributed by atoms with Crippen LogP contribution in [0.5, 0.6) is 0 Å². The Balaban J connectivity index is 4.56. The van der Waals surface area contributed by atoms with E-state index in [0.717, 1.165) is 0 Å². The lowest BCUT2D eigenvalue weighted by Crippen LogP contribution is -2.31. The molecular formula is C12H18O3. The highest BCUT2D eigenvalue weighted by Crippen LogP contribution is 2.14. The third-order valence-corrected chi connectivity index (χ3v) is 1.68. The number of ketones is 1. The third kappa shape index (κ3) is 5.87. The predicted octanol–water partition coefficient (Wildman–Crippen LogP) is 2.26. The van der Waals surface area contributed by atoms with Crippen LogP contribution in [0.25, 0.3) is 0 Å². The van der Waals surface area contributed by atoms with Gasteiger partial charge in [-0.3, -0.25) is 9.59 Å². The molecule has 0 N–H and O–H groups in total. The normalized spacial score (nSPS) is 12.5. The molecule has 0 amide bonds. The highest BCUT2D eigenvalue weighted by Gasteiger charge is 2.27. The first-order valence-electron chi connectivity index (χ1n) is 4.85. The fourth-order valence-electron chi connectivity index (χ4n) is 1.00. The molecule has 1 atom stereocenters. The maximum atomic E-state index is 11.6. The van der Waals surface area contributed by atoms with Gasteiger partial charge in [0.25, 0.3) is 0 Å². The standard InChI is InChI=1S/C12H18O3/c1-6-7-8-10(9(2)13)11(14)15-12(3,4)5/h7,10H,1,8H2,2-5H3. The van der Waals surface area contributed by atoms with Gasteiger partial charge < -0.3 is 4.74 Å². The van der Waals surface area contributed by atoms with Gasteiger partial charge in [0, 0.05) is 0 Å². The number of hydrogen-bond donors (Lipinski definition) is 0. The molecule has 15 heavy (non-hydrogen) atoms. The summed E-state index contributed by atoms with van der Waals surface area (Å²) in [5, 5.41) is 0. The largest absolute Gasteiger partial charge is 0.459 e. The first kappa shape index (κ1) is 13.7. The molecule has 0 aromatic heterocycles. The van der Waals surface area contributed by atoms with Crippen molar-refractivity contribution in [1.29, 1.82) is 0 Å². The number of esters is 1. The third-order valence-electron chi connectivity index (χ3n) is 1.68. The summed E-state index contributed by atoms with van der Waals surface area (Å²) in [5.74, 6) is -1.42. The van der Waals surface area contributed by atoms with Crippen molar-refractivity contribution in [2.75, 3.05) is 0 Å². The molecule has 0 aromatic carbocycles. The zero-order chi connectivity index (χ0) is 12.1. The van der Waals surface area contributed by atoms with Crippen molar-refractivity contribution in [2.24, 2.45) is 5.92 Å². The SMILES string of the molecule is C=C=CCC(C(C)=O)C(=O)OC(C)(C)C. The number of rotatable bonds is 4. The Morgan fingerprint density at radius 2 is 2.00 bits per heavy atom. The van der Waals surface area contributed by atoms with E-state index in [9.17, 15) is 9.59 Å². The Morgan fingerprint density at radius 1 is 1.47 bits per heavy atom. The number of allylic oxidation sites excluding steroid dienone is 1. The maximum Gasteiger partial charge on any atom is 0.317 e. The van der Waals surface area contributed by atoms with Crippen LogP contribution in [-0.4, -0.2) is 17.4 Å². The van der Waals surface area contributed by atoms with Crippen LogP contribution in [0.2, 0.25) is 0 Å². The summed E-state index contributed by atoms with van der Waals surface area (Å²) in [6.45, 7) is 10.1. The topological polar surface area (TPSA) is 43.4 Å². The highest BCUT2D eigenvalue weighted by atomic mass is 16.6. The average molecular weight is 210 g/mol. The predicted molar refractivity (Wildman–Crippen MR) is 58.3 cm³/mol. The molecule has 0 aliphatic carbocycles. The van der Waals surface area contributed by atoms with Crippen molar-refractivity contribution in [3.63, 3.8) is 0 Å². The van der Waals surface area contributed by atoms with Crippen LogP contribution in [0, 0.1) is 5.92 Å². The van der Waals surface area contributed by atoms with E-state index in [1.54, 1.807) is 26.8 Å². The summed E-state index contributed by atoms with van der Waals surface area (Å²) in [5.41, 5.74) is 1.97. The van der Waals surface area contributed by atoms with Crippen LogP contribution < -0.4 is 0 Å². The molecule has 3 nitrogen and oxygen atoms in total. The molecule has 0 aromatic rings. The molecule has 0 saturated carbocycles. The first-order chi connectivity index (χ1) is 6.78. The molecule has 0 heterocycles. The Morgan fingerprint density at radius 3 is 2.33 bits per heavy atom. The second-order valence-corrected chi connectivity index (χ2v) is 4.34. The molecule has 0 rings (SSSR count). The van der Waals surface area contributed by atoms with Gasteiger partial charge in [0.05, 0.1) is 0 Å². The molecule has 0 aliphatic heterocycles. The smallest absolute Gasteiger partial charge is 0.317 e. The van der Waals surface area contributed by atoms with E-state index in [0.29, 0.717) is 6.42 Å². The molecular weight excluding hydrogens is 192 g/mol. The second kappa shape index (κ2) is 5.52. The lowest BCUT2D eigenvalue weighted by Gasteiger charge is -2.22. The quantitative estimate of drug-likeness (QED) is 0.406. The molecule has 0 bridgehead atoms. The zero-order valence-corrected chi connectivity index (χ0v) is 9.79. The van der Waals surface area contributed by atoms with Crippen molar-refractivity contribution >= 4 is 11.8 Å². The lowest BCUT2D eigenvalue weighted by molar-refractivity contribution is -0.161. The summed E-state index contributed by atoms with van der Waals surface area (Å²) in [4.78, 5) is 22.8. The van der Waals surface area contributed by atoms with Gasteiger partial charge in [-0.15, -0.1) is 5.73 Å². The highest BCUT2D eigenvalue weighted by molar-refractivity contribution is 5.98. The summed E-state index contributed by atoms with van der Waals surface area (Å²) in [6.07, 6.45) is 1.86. The minimum atomic E-state index is -0.738. The number of carbonyl (C=O) groups excluding carboxylic acids is 2. The van der Waals surface area contributed by atoms with Crippen molar-refractivity contribution in [3.05, 3.63) is 18.4 Å². The van der Waals surface area contributed by atoms with Gasteiger partial charge >= 0.3 is 5.97 Å². The van der Waals surface area contributed by atoms with E-state index in [-0.39, 0.29) is 5.78 Å². The molecule has 0 radical (unpaired) electrons. The lowest BCUT2D eigenvalue weighted by atomic mass is 10.0. The van der Waals surface area contributed by atoms with Gasteiger partial charge in [-0.2, -0.15) is 0 Å². The monoisotopic (exact) mass is 210 g/mol. The Hall–Kier alpha value is -1.34. The van der Waals surface area contributed by atoms with Gasteiger partial charge in [-0.05, 0) is 40.2 Å². The summed E-state index contributed by atoms with van der Waals surface area (Å²) >= 11 is 0. The van der Waals surface area contributed by atoms with Crippen LogP contribution in [0.15, 0.2) is 18.4 Å². The zero-order valence-electron chi connectivity index (χ0n) is 9.79. The van der Waals surface area contributed by atoms with Crippen LogP contribution in [-0.2, 0) is 14.3 Å². The van der Waals surface area contributed by atoms with Gasteiger partial charge in [-0.25, -0.2) is 0 Å². The molecule has 0 spiro atoms. The summed E-state index contributed by atoms with van der Waals surface area (Å²) in [7, 11) is 0. The van der Waals surface area contributed by atoms with Crippen LogP contribution in [0.4, 0.5) is 0 Å². The summed E-state index contributed by atoms with van der Waals surface area (Å²) in [6, 6.07) is 0. The van der Waals surface area contributed by atoms with Crippen LogP contribution in [0.1, 0.15) is 34.1 Å². The fourth-order valence-corrected chi connectivity index (χ4v) is 1.00. The van der Waals surface area contributed by atoms with E-state index < -0.39 is 17.5 Å². The molecule has 3 heteroatoms. The van der Waals surface area contributed by atoms with Crippen molar-refractivity contribution in [3.8, 4) is 0 Å². The first-order valence-corrected chi connectivity index (χ1v) is 4.85. The average Bonchev–Trinajstić information content (AvgIpc) is 2.00. The van der Waals surface area contributed by atoms with Gasteiger partial charge in [0.1, 0.15) is 17.3 Å². The van der Waals surface area contributed by atoms with E-state index >= 15 is 0 Å². The maximum absolute atomic E-state index is 11.6. The van der Waals surface area contributed by atoms with Gasteiger partial charge in [-0.1, -0.05) is 6.58 Å². The minimum Gasteiger partial charge on any atom is -0.459 e. The number of ether oxygens (including phenoxy) is 1. The molecule has 0 saturated heterocycles. The second-order valence-electron chi connectivity index (χ2n) is 4.34. The minimum absolute atomic E-state index is 0.198. The Bertz CT molecular complexity index is 290.